The van der Waals surface area contributed by atoms with Gasteiger partial charge in [0, 0.05) is 0 Å². The fraction of sp³-hybridized carbons (Fsp3) is 0.0588. The van der Waals surface area contributed by atoms with Crippen molar-refractivity contribution in [1.82, 2.24) is 0 Å². The van der Waals surface area contributed by atoms with Crippen LogP contribution in [0.4, 0.5) is 0 Å². The predicted octanol–water partition coefficient (Wildman–Crippen LogP) is -1.02. The molecule has 2 aromatic rings. The monoisotopic (exact) mass is 350 g/mol. The van der Waals surface area contributed by atoms with Crippen molar-refractivity contribution < 1.29 is 28.9 Å². The molecular weight excluding hydrogens is 335 g/mol. The minimum absolute atomic E-state index is 1.14. The van der Waals surface area contributed by atoms with E-state index in [1.54, 1.807) is 0 Å². The number of benzene rings is 2. The maximum atomic E-state index is 8.49. The highest BCUT2D eigenvalue weighted by molar-refractivity contribution is 7.92. The zero-order chi connectivity index (χ0) is 16.8. The van der Waals surface area contributed by atoms with Gasteiger partial charge in [0.1, 0.15) is 17.9 Å². The van der Waals surface area contributed by atoms with Crippen LogP contribution in [0, 0.1) is 10.2 Å². The van der Waals surface area contributed by atoms with Gasteiger partial charge < -0.3 is 0 Å². The molecule has 1 heterocycles. The molecule has 0 fully saturated rings. The van der Waals surface area contributed by atoms with Crippen LogP contribution in [0.25, 0.3) is 0 Å². The summed E-state index contributed by atoms with van der Waals surface area (Å²) in [5, 5.41) is 2.94. The normalized spacial score (nSPS) is 15.7. The standard InChI is InChI=1S/C17H16P.ClHO4/c1-4-10-16(11-5-1)18(14-8-3-9-15-18)17-12-6-2-7-13-17;2-1(3,4)5/h1-14H,15H2;(H,2,3,4,5)/q+1;/p-1. The average Bonchev–Trinajstić information content (AvgIpc) is 2.56. The van der Waals surface area contributed by atoms with Gasteiger partial charge in [-0.05, 0) is 36.4 Å². The van der Waals surface area contributed by atoms with E-state index in [9.17, 15) is 0 Å². The molecule has 0 N–H and O–H groups in total. The Labute approximate surface area is 138 Å². The molecule has 0 amide bonds. The third-order valence-corrected chi connectivity index (χ3v) is 7.32. The van der Waals surface area contributed by atoms with E-state index in [1.807, 2.05) is 0 Å². The summed E-state index contributed by atoms with van der Waals surface area (Å²) in [5.74, 6) is 2.43. The van der Waals surface area contributed by atoms with E-state index in [-0.39, 0.29) is 0 Å². The second-order valence-corrected chi connectivity index (χ2v) is 9.06. The zero-order valence-electron chi connectivity index (χ0n) is 12.2. The molecule has 0 saturated carbocycles. The molecule has 6 heteroatoms. The first-order valence-corrected chi connectivity index (χ1v) is 10.1. The number of allylic oxidation sites excluding steroid dienone is 3. The van der Waals surface area contributed by atoms with Crippen LogP contribution in [0.3, 0.4) is 0 Å². The summed E-state index contributed by atoms with van der Waals surface area (Å²) in [6.45, 7) is 0. The van der Waals surface area contributed by atoms with Crippen molar-refractivity contribution in [2.45, 2.75) is 0 Å². The van der Waals surface area contributed by atoms with Gasteiger partial charge in [-0.1, -0.05) is 42.5 Å². The van der Waals surface area contributed by atoms with Crippen LogP contribution in [0.5, 0.6) is 0 Å². The maximum Gasteiger partial charge on any atom is 0.108 e. The fourth-order valence-corrected chi connectivity index (χ4v) is 5.92. The Morgan fingerprint density at radius 3 is 1.48 bits per heavy atom. The Morgan fingerprint density at radius 2 is 1.13 bits per heavy atom. The Balaban J connectivity index is 0.000000338. The molecule has 0 unspecified atom stereocenters. The molecule has 0 radical (unpaired) electrons. The van der Waals surface area contributed by atoms with E-state index in [4.69, 9.17) is 18.6 Å². The molecule has 3 rings (SSSR count). The molecule has 4 nitrogen and oxygen atoms in total. The lowest BCUT2D eigenvalue weighted by atomic mass is 10.4. The number of halogens is 1. The lowest BCUT2D eigenvalue weighted by Gasteiger charge is -2.24. The molecule has 1 aliphatic heterocycles. The first-order valence-electron chi connectivity index (χ1n) is 6.87. The van der Waals surface area contributed by atoms with E-state index >= 15 is 0 Å². The van der Waals surface area contributed by atoms with Gasteiger partial charge in [-0.2, -0.15) is 0 Å². The predicted molar refractivity (Wildman–Crippen MR) is 82.2 cm³/mol. The van der Waals surface area contributed by atoms with Gasteiger partial charge in [0.25, 0.3) is 0 Å². The van der Waals surface area contributed by atoms with Crippen LogP contribution in [0.2, 0.25) is 0 Å². The van der Waals surface area contributed by atoms with Crippen LogP contribution < -0.4 is 29.2 Å². The molecule has 2 aromatic carbocycles. The van der Waals surface area contributed by atoms with E-state index in [2.05, 4.69) is 84.7 Å². The largest absolute Gasteiger partial charge is 0.222 e. The number of hydrogen-bond donors (Lipinski definition) is 0. The van der Waals surface area contributed by atoms with Crippen LogP contribution in [-0.4, -0.2) is 6.16 Å². The molecule has 0 bridgehead atoms. The minimum atomic E-state index is -4.94. The van der Waals surface area contributed by atoms with Crippen LogP contribution in [0.1, 0.15) is 0 Å². The highest BCUT2D eigenvalue weighted by atomic mass is 35.7. The van der Waals surface area contributed by atoms with Crippen LogP contribution in [0.15, 0.2) is 84.7 Å². The van der Waals surface area contributed by atoms with Crippen molar-refractivity contribution in [1.29, 1.82) is 0 Å². The lowest BCUT2D eigenvalue weighted by molar-refractivity contribution is -2.00. The molecule has 0 saturated heterocycles. The van der Waals surface area contributed by atoms with Gasteiger partial charge in [0.2, 0.25) is 0 Å². The number of hydrogen-bond acceptors (Lipinski definition) is 4. The van der Waals surface area contributed by atoms with Gasteiger partial charge >= 0.3 is 0 Å². The highest BCUT2D eigenvalue weighted by Crippen LogP contribution is 2.59. The fourth-order valence-electron chi connectivity index (χ4n) is 2.48. The van der Waals surface area contributed by atoms with Crippen molar-refractivity contribution in [2.75, 3.05) is 6.16 Å². The van der Waals surface area contributed by atoms with Crippen LogP contribution >= 0.6 is 7.26 Å². The van der Waals surface area contributed by atoms with Gasteiger partial charge in [-0.25, -0.2) is 18.6 Å². The van der Waals surface area contributed by atoms with E-state index in [0.717, 1.165) is 6.16 Å². The molecule has 0 aliphatic carbocycles. The first kappa shape index (κ1) is 17.8. The SMILES string of the molecule is C1=CC[P+](c2ccccc2)(c2ccccc2)C=C1.[O-][Cl+3]([O-])([O-])[O-]. The van der Waals surface area contributed by atoms with Gasteiger partial charge in [-0.3, -0.25) is 0 Å². The Morgan fingerprint density at radius 1 is 0.696 bits per heavy atom. The molecule has 1 aliphatic rings. The first-order chi connectivity index (χ1) is 10.9. The Kier molecular flexibility index (Phi) is 6.08. The maximum absolute atomic E-state index is 8.49. The van der Waals surface area contributed by atoms with Crippen molar-refractivity contribution in [3.63, 3.8) is 0 Å². The van der Waals surface area contributed by atoms with E-state index < -0.39 is 17.5 Å². The summed E-state index contributed by atoms with van der Waals surface area (Å²) in [5.41, 5.74) is 0. The van der Waals surface area contributed by atoms with Crippen molar-refractivity contribution in [3.8, 4) is 0 Å². The average molecular weight is 351 g/mol. The van der Waals surface area contributed by atoms with E-state index in [0.29, 0.717) is 0 Å². The quantitative estimate of drug-likeness (QED) is 0.648. The molecule has 0 aromatic heterocycles. The van der Waals surface area contributed by atoms with Crippen molar-refractivity contribution in [2.24, 2.45) is 0 Å². The summed E-state index contributed by atoms with van der Waals surface area (Å²) >= 11 is 0. The van der Waals surface area contributed by atoms with Crippen molar-refractivity contribution in [3.05, 3.63) is 84.7 Å². The highest BCUT2D eigenvalue weighted by Gasteiger charge is 2.39. The topological polar surface area (TPSA) is 92.2 Å². The molecule has 0 spiro atoms. The third-order valence-electron chi connectivity index (χ3n) is 3.42. The van der Waals surface area contributed by atoms with Crippen LogP contribution in [-0.2, 0) is 0 Å². The molecule has 23 heavy (non-hydrogen) atoms. The lowest BCUT2D eigenvalue weighted by Crippen LogP contribution is -2.68. The Hall–Kier alpha value is -1.52. The summed E-state index contributed by atoms with van der Waals surface area (Å²) < 4.78 is 34.0. The van der Waals surface area contributed by atoms with Gasteiger partial charge in [-0.15, -0.1) is 10.2 Å². The second kappa shape index (κ2) is 7.84. The Bertz CT molecular complexity index is 620. The summed E-state index contributed by atoms with van der Waals surface area (Å²) in [4.78, 5) is 0. The molecular formula is C17H16ClO4P. The number of rotatable bonds is 2. The summed E-state index contributed by atoms with van der Waals surface area (Å²) in [7, 11) is -6.31. The van der Waals surface area contributed by atoms with Gasteiger partial charge in [0.05, 0.1) is 12.0 Å². The summed E-state index contributed by atoms with van der Waals surface area (Å²) in [6, 6.07) is 21.8. The zero-order valence-corrected chi connectivity index (χ0v) is 13.9. The van der Waals surface area contributed by atoms with Gasteiger partial charge in [0.15, 0.2) is 0 Å². The van der Waals surface area contributed by atoms with Crippen molar-refractivity contribution >= 4 is 17.9 Å². The third kappa shape index (κ3) is 5.26. The minimum Gasteiger partial charge on any atom is -0.222 e. The summed E-state index contributed by atoms with van der Waals surface area (Å²) in [6.07, 6.45) is 7.80. The molecule has 120 valence electrons. The second-order valence-electron chi connectivity index (χ2n) is 4.87. The van der Waals surface area contributed by atoms with E-state index in [1.165, 1.54) is 10.6 Å². The molecule has 0 atom stereocenters. The smallest absolute Gasteiger partial charge is 0.108 e.